The molecule has 1 amide bonds. The van der Waals surface area contributed by atoms with Crippen LogP contribution in [0.5, 0.6) is 0 Å². The zero-order valence-electron chi connectivity index (χ0n) is 16.0. The van der Waals surface area contributed by atoms with E-state index >= 15 is 0 Å². The van der Waals surface area contributed by atoms with Crippen LogP contribution in [0.1, 0.15) is 70.3 Å². The van der Waals surface area contributed by atoms with Gasteiger partial charge in [-0.05, 0) is 36.1 Å². The molecule has 1 aliphatic rings. The van der Waals surface area contributed by atoms with Crippen molar-refractivity contribution in [2.45, 2.75) is 39.2 Å². The van der Waals surface area contributed by atoms with Crippen molar-refractivity contribution in [1.29, 1.82) is 0 Å². The number of hydrogen-bond donors (Lipinski definition) is 1. The van der Waals surface area contributed by atoms with E-state index in [0.29, 0.717) is 28.4 Å². The Balaban J connectivity index is 1.48. The largest absolute Gasteiger partial charge is 0.359 e. The van der Waals surface area contributed by atoms with Crippen molar-refractivity contribution in [2.75, 3.05) is 0 Å². The Morgan fingerprint density at radius 1 is 1.00 bits per heavy atom. The minimum atomic E-state index is -0.243. The number of carbonyl (C=O) groups excluding carboxylic acids is 2. The summed E-state index contributed by atoms with van der Waals surface area (Å²) < 4.78 is 5.35. The van der Waals surface area contributed by atoms with E-state index in [9.17, 15) is 9.59 Å². The van der Waals surface area contributed by atoms with Crippen molar-refractivity contribution in [2.24, 2.45) is 0 Å². The van der Waals surface area contributed by atoms with Gasteiger partial charge in [-0.25, -0.2) is 0 Å². The molecule has 0 fully saturated rings. The molecule has 5 heteroatoms. The highest BCUT2D eigenvalue weighted by molar-refractivity contribution is 6.22. The van der Waals surface area contributed by atoms with Gasteiger partial charge in [-0.1, -0.05) is 49.3 Å². The van der Waals surface area contributed by atoms with E-state index < -0.39 is 0 Å². The molecule has 1 heterocycles. The number of rotatable bonds is 6. The minimum absolute atomic E-state index is 0.0368. The van der Waals surface area contributed by atoms with Crippen LogP contribution in [-0.2, 0) is 6.54 Å². The van der Waals surface area contributed by atoms with Gasteiger partial charge in [0, 0.05) is 28.7 Å². The first kappa shape index (κ1) is 18.2. The van der Waals surface area contributed by atoms with Gasteiger partial charge in [0.1, 0.15) is 0 Å². The van der Waals surface area contributed by atoms with E-state index in [-0.39, 0.29) is 18.2 Å². The highest BCUT2D eigenvalue weighted by Gasteiger charge is 2.27. The van der Waals surface area contributed by atoms with Crippen molar-refractivity contribution >= 4 is 11.7 Å². The normalized spacial score (nSPS) is 12.2. The second-order valence-corrected chi connectivity index (χ2v) is 7.05. The SMILES string of the molecule is CCC(CC)c1cc(CNC(=O)c2ccc3c(c2)C(=O)c2ccccc2-3)on1. The maximum atomic E-state index is 12.6. The molecule has 0 spiro atoms. The van der Waals surface area contributed by atoms with Crippen LogP contribution in [0.15, 0.2) is 53.1 Å². The topological polar surface area (TPSA) is 72.2 Å². The summed E-state index contributed by atoms with van der Waals surface area (Å²) in [7, 11) is 0. The third-order valence-electron chi connectivity index (χ3n) is 5.39. The first-order valence-corrected chi connectivity index (χ1v) is 9.64. The second kappa shape index (κ2) is 7.43. The van der Waals surface area contributed by atoms with Crippen LogP contribution >= 0.6 is 0 Å². The van der Waals surface area contributed by atoms with E-state index in [1.807, 2.05) is 36.4 Å². The number of nitrogens with zero attached hydrogens (tertiary/aromatic N) is 1. The van der Waals surface area contributed by atoms with Crippen LogP contribution in [0.3, 0.4) is 0 Å². The van der Waals surface area contributed by atoms with Crippen molar-refractivity contribution < 1.29 is 14.1 Å². The molecule has 2 aromatic carbocycles. The number of ketones is 1. The van der Waals surface area contributed by atoms with E-state index in [4.69, 9.17) is 4.52 Å². The number of amides is 1. The predicted octanol–water partition coefficient (Wildman–Crippen LogP) is 4.72. The number of benzene rings is 2. The summed E-state index contributed by atoms with van der Waals surface area (Å²) in [6.45, 7) is 4.51. The molecular weight excluding hydrogens is 352 g/mol. The van der Waals surface area contributed by atoms with E-state index in [1.54, 1.807) is 12.1 Å². The van der Waals surface area contributed by atoms with Crippen LogP contribution in [0.4, 0.5) is 0 Å². The third kappa shape index (κ3) is 3.13. The fraction of sp³-hybridized carbons (Fsp3) is 0.261. The second-order valence-electron chi connectivity index (χ2n) is 7.05. The van der Waals surface area contributed by atoms with Crippen molar-refractivity contribution in [3.05, 3.63) is 76.7 Å². The summed E-state index contributed by atoms with van der Waals surface area (Å²) >= 11 is 0. The number of hydrogen-bond acceptors (Lipinski definition) is 4. The number of fused-ring (bicyclic) bond motifs is 3. The average molecular weight is 374 g/mol. The third-order valence-corrected chi connectivity index (χ3v) is 5.39. The zero-order valence-corrected chi connectivity index (χ0v) is 16.0. The van der Waals surface area contributed by atoms with E-state index in [0.717, 1.165) is 29.7 Å². The smallest absolute Gasteiger partial charge is 0.251 e. The molecule has 0 saturated carbocycles. The zero-order chi connectivity index (χ0) is 19.7. The standard InChI is InChI=1S/C23H22N2O3/c1-3-14(4-2)21-12-16(28-25-21)13-24-23(27)15-9-10-18-17-7-5-6-8-19(17)22(26)20(18)11-15/h5-12,14H,3-4,13H2,1-2H3,(H,24,27). The monoisotopic (exact) mass is 374 g/mol. The molecule has 0 atom stereocenters. The molecule has 1 N–H and O–H groups in total. The fourth-order valence-corrected chi connectivity index (χ4v) is 3.75. The Kier molecular flexibility index (Phi) is 4.82. The maximum absolute atomic E-state index is 12.6. The first-order valence-electron chi connectivity index (χ1n) is 9.64. The number of nitrogens with one attached hydrogen (secondary N) is 1. The summed E-state index contributed by atoms with van der Waals surface area (Å²) in [5.74, 6) is 0.717. The molecule has 142 valence electrons. The first-order chi connectivity index (χ1) is 13.6. The van der Waals surface area contributed by atoms with Crippen LogP contribution in [-0.4, -0.2) is 16.8 Å². The summed E-state index contributed by atoms with van der Waals surface area (Å²) in [5, 5.41) is 6.96. The molecule has 0 aliphatic heterocycles. The number of aromatic nitrogens is 1. The lowest BCUT2D eigenvalue weighted by molar-refractivity contribution is 0.0947. The molecule has 0 saturated heterocycles. The maximum Gasteiger partial charge on any atom is 0.251 e. The molecule has 1 aliphatic carbocycles. The van der Waals surface area contributed by atoms with Crippen LogP contribution < -0.4 is 5.32 Å². The molecule has 1 aromatic heterocycles. The van der Waals surface area contributed by atoms with Gasteiger partial charge < -0.3 is 9.84 Å². The van der Waals surface area contributed by atoms with Gasteiger partial charge in [0.2, 0.25) is 0 Å². The van der Waals surface area contributed by atoms with E-state index in [1.165, 1.54) is 0 Å². The molecule has 4 rings (SSSR count). The molecule has 5 nitrogen and oxygen atoms in total. The van der Waals surface area contributed by atoms with Crippen molar-refractivity contribution in [3.63, 3.8) is 0 Å². The molecule has 28 heavy (non-hydrogen) atoms. The Bertz CT molecular complexity index is 1050. The number of carbonyl (C=O) groups is 2. The lowest BCUT2D eigenvalue weighted by atomic mass is 9.99. The van der Waals surface area contributed by atoms with Crippen LogP contribution in [0.2, 0.25) is 0 Å². The Morgan fingerprint density at radius 3 is 2.46 bits per heavy atom. The summed E-state index contributed by atoms with van der Waals surface area (Å²) in [6, 6.07) is 14.7. The Hall–Kier alpha value is -3.21. The van der Waals surface area contributed by atoms with Gasteiger partial charge >= 0.3 is 0 Å². The van der Waals surface area contributed by atoms with Gasteiger partial charge in [-0.3, -0.25) is 9.59 Å². The predicted molar refractivity (Wildman–Crippen MR) is 106 cm³/mol. The quantitative estimate of drug-likeness (QED) is 0.530. The fourth-order valence-electron chi connectivity index (χ4n) is 3.75. The highest BCUT2D eigenvalue weighted by atomic mass is 16.5. The summed E-state index contributed by atoms with van der Waals surface area (Å²) in [4.78, 5) is 25.2. The highest BCUT2D eigenvalue weighted by Crippen LogP contribution is 2.36. The van der Waals surface area contributed by atoms with Gasteiger partial charge in [0.25, 0.3) is 5.91 Å². The van der Waals surface area contributed by atoms with Gasteiger partial charge in [-0.2, -0.15) is 0 Å². The Morgan fingerprint density at radius 2 is 1.71 bits per heavy atom. The average Bonchev–Trinajstić information content (AvgIpc) is 3.31. The molecule has 0 radical (unpaired) electrons. The Labute approximate surface area is 163 Å². The van der Waals surface area contributed by atoms with Crippen molar-refractivity contribution in [3.8, 4) is 11.1 Å². The summed E-state index contributed by atoms with van der Waals surface area (Å²) in [6.07, 6.45) is 2.00. The van der Waals surface area contributed by atoms with E-state index in [2.05, 4.69) is 24.3 Å². The molecular formula is C23H22N2O3. The lowest BCUT2D eigenvalue weighted by Crippen LogP contribution is -2.22. The van der Waals surface area contributed by atoms with Gasteiger partial charge in [0.15, 0.2) is 11.5 Å². The summed E-state index contributed by atoms with van der Waals surface area (Å²) in [5.41, 5.74) is 4.44. The van der Waals surface area contributed by atoms with Gasteiger partial charge in [-0.15, -0.1) is 0 Å². The van der Waals surface area contributed by atoms with Gasteiger partial charge in [0.05, 0.1) is 12.2 Å². The lowest BCUT2D eigenvalue weighted by Gasteiger charge is -2.06. The molecule has 0 bridgehead atoms. The van der Waals surface area contributed by atoms with Crippen molar-refractivity contribution in [1.82, 2.24) is 10.5 Å². The molecule has 3 aromatic rings. The minimum Gasteiger partial charge on any atom is -0.359 e. The molecule has 0 unspecified atom stereocenters. The van der Waals surface area contributed by atoms with Crippen LogP contribution in [0, 0.1) is 0 Å². The van der Waals surface area contributed by atoms with Crippen LogP contribution in [0.25, 0.3) is 11.1 Å².